The maximum absolute atomic E-state index is 10.4. The van der Waals surface area contributed by atoms with Crippen LogP contribution in [0.1, 0.15) is 122 Å². The first kappa shape index (κ1) is 21.5. The highest BCUT2D eigenvalue weighted by molar-refractivity contribution is 5.66. The minimum absolute atomic E-state index is 0.349. The number of aliphatic carboxylic acids is 1. The van der Waals surface area contributed by atoms with Crippen LogP contribution in [0.4, 0.5) is 0 Å². The fraction of sp³-hybridized carbons (Fsp3) is 0.955. The second kappa shape index (κ2) is 14.8. The lowest BCUT2D eigenvalue weighted by Crippen LogP contribution is -2.19. The van der Waals surface area contributed by atoms with Crippen molar-refractivity contribution in [2.45, 2.75) is 122 Å². The molecule has 1 saturated carbocycles. The van der Waals surface area contributed by atoms with E-state index in [0.29, 0.717) is 6.42 Å². The Morgan fingerprint density at radius 3 is 1.71 bits per heavy atom. The van der Waals surface area contributed by atoms with Crippen molar-refractivity contribution in [1.82, 2.24) is 0 Å². The molecule has 1 aliphatic rings. The number of carbonyl (C=O) groups is 1. The molecule has 0 aromatic carbocycles. The standard InChI is InChI=1S/C22H42O2/c1-2-3-4-10-15-20-17-13-14-18-21(20)16-11-8-6-5-7-9-12-19-22(23)24/h20-21H,2-19H2,1H3,(H,23,24). The molecule has 0 saturated heterocycles. The third-order valence-electron chi connectivity index (χ3n) is 5.96. The van der Waals surface area contributed by atoms with Gasteiger partial charge in [0.05, 0.1) is 0 Å². The van der Waals surface area contributed by atoms with Crippen LogP contribution in [0.2, 0.25) is 0 Å². The third-order valence-corrected chi connectivity index (χ3v) is 5.96. The highest BCUT2D eigenvalue weighted by atomic mass is 16.4. The van der Waals surface area contributed by atoms with Gasteiger partial charge < -0.3 is 5.11 Å². The van der Waals surface area contributed by atoms with E-state index in [2.05, 4.69) is 6.92 Å². The minimum Gasteiger partial charge on any atom is -0.481 e. The Labute approximate surface area is 150 Å². The fourth-order valence-corrected chi connectivity index (χ4v) is 4.44. The van der Waals surface area contributed by atoms with Gasteiger partial charge in [-0.3, -0.25) is 4.79 Å². The van der Waals surface area contributed by atoms with Crippen molar-refractivity contribution in [2.24, 2.45) is 11.8 Å². The zero-order valence-corrected chi connectivity index (χ0v) is 16.2. The van der Waals surface area contributed by atoms with Gasteiger partial charge in [0.2, 0.25) is 0 Å². The highest BCUT2D eigenvalue weighted by Gasteiger charge is 2.23. The van der Waals surface area contributed by atoms with Crippen molar-refractivity contribution in [3.8, 4) is 0 Å². The smallest absolute Gasteiger partial charge is 0.303 e. The normalized spacial score (nSPS) is 21.0. The second-order valence-electron chi connectivity index (χ2n) is 8.06. The molecule has 2 heteroatoms. The summed E-state index contributed by atoms with van der Waals surface area (Å²) in [5.41, 5.74) is 0. The first-order chi connectivity index (χ1) is 11.7. The Kier molecular flexibility index (Phi) is 13.3. The SMILES string of the molecule is CCCCCCC1CCCCC1CCCCCCCCCC(=O)O. The molecule has 1 N–H and O–H groups in total. The van der Waals surface area contributed by atoms with Gasteiger partial charge in [0.1, 0.15) is 0 Å². The van der Waals surface area contributed by atoms with Crippen molar-refractivity contribution < 1.29 is 9.90 Å². The summed E-state index contributed by atoms with van der Waals surface area (Å²) in [4.78, 5) is 10.4. The molecule has 0 radical (unpaired) electrons. The molecule has 0 spiro atoms. The Morgan fingerprint density at radius 2 is 1.21 bits per heavy atom. The molecule has 0 amide bonds. The van der Waals surface area contributed by atoms with E-state index in [1.165, 1.54) is 96.3 Å². The molecule has 1 fully saturated rings. The molecule has 0 aliphatic heterocycles. The lowest BCUT2D eigenvalue weighted by Gasteiger charge is -2.32. The van der Waals surface area contributed by atoms with Crippen molar-refractivity contribution >= 4 is 5.97 Å². The summed E-state index contributed by atoms with van der Waals surface area (Å²) in [7, 11) is 0. The van der Waals surface area contributed by atoms with Crippen molar-refractivity contribution in [3.05, 3.63) is 0 Å². The summed E-state index contributed by atoms with van der Waals surface area (Å²) in [6.45, 7) is 2.30. The average Bonchev–Trinajstić information content (AvgIpc) is 2.58. The Hall–Kier alpha value is -0.530. The maximum Gasteiger partial charge on any atom is 0.303 e. The first-order valence-corrected chi connectivity index (χ1v) is 11.0. The van der Waals surface area contributed by atoms with Crippen LogP contribution < -0.4 is 0 Å². The number of hydrogen-bond acceptors (Lipinski definition) is 1. The molecule has 1 aliphatic carbocycles. The monoisotopic (exact) mass is 338 g/mol. The number of carboxylic acids is 1. The van der Waals surface area contributed by atoms with E-state index in [0.717, 1.165) is 24.7 Å². The van der Waals surface area contributed by atoms with Crippen molar-refractivity contribution in [1.29, 1.82) is 0 Å². The quantitative estimate of drug-likeness (QED) is 0.317. The van der Waals surface area contributed by atoms with Crippen LogP contribution in [0.15, 0.2) is 0 Å². The van der Waals surface area contributed by atoms with Gasteiger partial charge in [-0.2, -0.15) is 0 Å². The zero-order chi connectivity index (χ0) is 17.5. The second-order valence-corrected chi connectivity index (χ2v) is 8.06. The van der Waals surface area contributed by atoms with Crippen LogP contribution in [0.3, 0.4) is 0 Å². The Balaban J connectivity index is 1.99. The minimum atomic E-state index is -0.647. The topological polar surface area (TPSA) is 37.3 Å². The van der Waals surface area contributed by atoms with Crippen LogP contribution >= 0.6 is 0 Å². The van der Waals surface area contributed by atoms with Crippen LogP contribution in [-0.2, 0) is 4.79 Å². The highest BCUT2D eigenvalue weighted by Crippen LogP contribution is 2.36. The van der Waals surface area contributed by atoms with E-state index in [1.54, 1.807) is 0 Å². The molecule has 2 atom stereocenters. The van der Waals surface area contributed by atoms with Gasteiger partial charge in [-0.1, -0.05) is 110 Å². The third kappa shape index (κ3) is 11.1. The molecule has 2 nitrogen and oxygen atoms in total. The fourth-order valence-electron chi connectivity index (χ4n) is 4.44. The Morgan fingerprint density at radius 1 is 0.750 bits per heavy atom. The summed E-state index contributed by atoms with van der Waals surface area (Å²) in [5.74, 6) is 1.41. The molecule has 142 valence electrons. The maximum atomic E-state index is 10.4. The summed E-state index contributed by atoms with van der Waals surface area (Å²) < 4.78 is 0. The zero-order valence-electron chi connectivity index (χ0n) is 16.2. The number of unbranched alkanes of at least 4 members (excludes halogenated alkanes) is 9. The summed E-state index contributed by atoms with van der Waals surface area (Å²) in [6.07, 6.45) is 23.6. The van der Waals surface area contributed by atoms with Crippen molar-refractivity contribution in [2.75, 3.05) is 0 Å². The van der Waals surface area contributed by atoms with Gasteiger partial charge in [-0.25, -0.2) is 0 Å². The van der Waals surface area contributed by atoms with Crippen molar-refractivity contribution in [3.63, 3.8) is 0 Å². The average molecular weight is 339 g/mol. The van der Waals surface area contributed by atoms with Gasteiger partial charge in [0.15, 0.2) is 0 Å². The van der Waals surface area contributed by atoms with Gasteiger partial charge >= 0.3 is 5.97 Å². The largest absolute Gasteiger partial charge is 0.481 e. The van der Waals surface area contributed by atoms with Gasteiger partial charge in [-0.05, 0) is 18.3 Å². The number of carboxylic acid groups (broad SMARTS) is 1. The van der Waals surface area contributed by atoms with E-state index >= 15 is 0 Å². The molecule has 0 heterocycles. The van der Waals surface area contributed by atoms with Crippen LogP contribution in [0.25, 0.3) is 0 Å². The predicted molar refractivity (Wildman–Crippen MR) is 103 cm³/mol. The lowest BCUT2D eigenvalue weighted by atomic mass is 9.74. The molecule has 2 unspecified atom stereocenters. The summed E-state index contributed by atoms with van der Waals surface area (Å²) >= 11 is 0. The van der Waals surface area contributed by atoms with Gasteiger partial charge in [0.25, 0.3) is 0 Å². The first-order valence-electron chi connectivity index (χ1n) is 11.0. The van der Waals surface area contributed by atoms with E-state index in [4.69, 9.17) is 5.11 Å². The van der Waals surface area contributed by atoms with E-state index in [1.807, 2.05) is 0 Å². The van der Waals surface area contributed by atoms with E-state index in [-0.39, 0.29) is 0 Å². The molecule has 24 heavy (non-hydrogen) atoms. The molecular formula is C22H42O2. The molecular weight excluding hydrogens is 296 g/mol. The lowest BCUT2D eigenvalue weighted by molar-refractivity contribution is -0.137. The molecule has 0 bridgehead atoms. The van der Waals surface area contributed by atoms with Crippen LogP contribution in [0, 0.1) is 11.8 Å². The molecule has 1 rings (SSSR count). The number of hydrogen-bond donors (Lipinski definition) is 1. The molecule has 0 aromatic heterocycles. The van der Waals surface area contributed by atoms with Gasteiger partial charge in [-0.15, -0.1) is 0 Å². The Bertz CT molecular complexity index is 300. The van der Waals surface area contributed by atoms with Crippen LogP contribution in [0.5, 0.6) is 0 Å². The number of rotatable bonds is 15. The van der Waals surface area contributed by atoms with Gasteiger partial charge in [0, 0.05) is 6.42 Å². The van der Waals surface area contributed by atoms with E-state index in [9.17, 15) is 4.79 Å². The summed E-state index contributed by atoms with van der Waals surface area (Å²) in [5, 5.41) is 8.61. The summed E-state index contributed by atoms with van der Waals surface area (Å²) in [6, 6.07) is 0. The van der Waals surface area contributed by atoms with Crippen LogP contribution in [-0.4, -0.2) is 11.1 Å². The predicted octanol–water partition coefficient (Wildman–Crippen LogP) is 7.36. The molecule has 0 aromatic rings. The van der Waals surface area contributed by atoms with E-state index < -0.39 is 5.97 Å².